The number of aromatic carboxylic acids is 1. The first-order valence-electron chi connectivity index (χ1n) is 23.2. The molecule has 424 valence electrons. The molecule has 1 aliphatic rings. The zero-order chi connectivity index (χ0) is 60.0. The maximum atomic E-state index is 13.2. The Morgan fingerprint density at radius 2 is 1.04 bits per heavy atom. The van der Waals surface area contributed by atoms with Crippen LogP contribution in [0.3, 0.4) is 0 Å². The van der Waals surface area contributed by atoms with Crippen LogP contribution >= 0.6 is 0 Å². The van der Waals surface area contributed by atoms with Crippen LogP contribution in [0.1, 0.15) is 54.7 Å². The Balaban J connectivity index is 1.38. The molecule has 0 aromatic heterocycles. The van der Waals surface area contributed by atoms with Gasteiger partial charge in [0.1, 0.15) is 9.79 Å². The van der Waals surface area contributed by atoms with Gasteiger partial charge in [0.15, 0.2) is 0 Å². The molecule has 0 spiro atoms. The zero-order valence-corrected chi connectivity index (χ0v) is 47.3. The third-order valence-electron chi connectivity index (χ3n) is 13.6. The Hall–Kier alpha value is -7.45. The number of carbonyl (C=O) groups is 1. The van der Waals surface area contributed by atoms with E-state index in [-0.39, 0.29) is 66.9 Å². The van der Waals surface area contributed by atoms with Crippen LogP contribution < -0.4 is 10.2 Å². The molecule has 0 unspecified atom stereocenters. The summed E-state index contributed by atoms with van der Waals surface area (Å²) in [6, 6.07) is 23.1. The van der Waals surface area contributed by atoms with Crippen LogP contribution in [0.4, 0.5) is 22.7 Å². The van der Waals surface area contributed by atoms with E-state index >= 15 is 0 Å². The molecule has 8 rings (SSSR count). The molecule has 0 amide bonds. The second-order valence-electron chi connectivity index (χ2n) is 19.5. The molecule has 0 bridgehead atoms. The molecule has 28 heteroatoms. The van der Waals surface area contributed by atoms with Gasteiger partial charge in [-0.3, -0.25) is 27.3 Å². The van der Waals surface area contributed by atoms with E-state index in [1.807, 2.05) is 0 Å². The minimum Gasteiger partial charge on any atom is -0.478 e. The smallest absolute Gasteiger partial charge is 0.335 e. The first-order chi connectivity index (χ1) is 37.2. The highest BCUT2D eigenvalue weighted by atomic mass is 32.2. The summed E-state index contributed by atoms with van der Waals surface area (Å²) in [5, 5.41) is 12.1. The molecule has 0 radical (unpaired) electrons. The number of carboxylic acid groups (broad SMARTS) is 1. The summed E-state index contributed by atoms with van der Waals surface area (Å²) < 4.78 is 212. The largest absolute Gasteiger partial charge is 0.478 e. The number of allylic oxidation sites excluding steroid dienone is 7. The molecule has 81 heavy (non-hydrogen) atoms. The molecular formula is C53H46N2O20S6. The Morgan fingerprint density at radius 1 is 0.556 bits per heavy atom. The lowest BCUT2D eigenvalue weighted by Gasteiger charge is -2.31. The normalized spacial score (nSPS) is 15.2. The fraction of sp³-hybridized carbons (Fsp3) is 0.113. The summed E-state index contributed by atoms with van der Waals surface area (Å²) in [6.45, 7) is 10.9. The van der Waals surface area contributed by atoms with Crippen molar-refractivity contribution < 1.29 is 87.7 Å². The summed E-state index contributed by atoms with van der Waals surface area (Å²) in [6.07, 6.45) is 6.13. The quantitative estimate of drug-likeness (QED) is 0.0330. The van der Waals surface area contributed by atoms with Gasteiger partial charge in [0.25, 0.3) is 60.7 Å². The first kappa shape index (κ1) is 59.7. The van der Waals surface area contributed by atoms with Gasteiger partial charge in [-0.25, -0.2) is 4.79 Å². The molecule has 1 aliphatic heterocycles. The molecule has 0 fully saturated rings. The molecule has 22 nitrogen and oxygen atoms in total. The summed E-state index contributed by atoms with van der Waals surface area (Å²) in [4.78, 5) is 9.19. The topological polar surface area (TPSA) is 379 Å². The third-order valence-corrected chi connectivity index (χ3v) is 18.8. The van der Waals surface area contributed by atoms with E-state index in [0.717, 1.165) is 66.7 Å². The maximum absolute atomic E-state index is 13.2. The van der Waals surface area contributed by atoms with Gasteiger partial charge in [0, 0.05) is 44.4 Å². The summed E-state index contributed by atoms with van der Waals surface area (Å²) in [7, 11) is -30.0. The fourth-order valence-corrected chi connectivity index (χ4v) is 13.1. The van der Waals surface area contributed by atoms with Crippen LogP contribution in [0, 0.1) is 0 Å². The van der Waals surface area contributed by atoms with Crippen LogP contribution in [-0.2, 0) is 71.5 Å². The van der Waals surface area contributed by atoms with Gasteiger partial charge < -0.3 is 15.3 Å². The predicted molar refractivity (Wildman–Crippen MR) is 299 cm³/mol. The van der Waals surface area contributed by atoms with Crippen molar-refractivity contribution in [1.82, 2.24) is 0 Å². The lowest BCUT2D eigenvalue weighted by molar-refractivity contribution is 0.0696. The highest BCUT2D eigenvalue weighted by Crippen LogP contribution is 2.55. The second kappa shape index (κ2) is 20.5. The predicted octanol–water partition coefficient (Wildman–Crippen LogP) is 9.40. The van der Waals surface area contributed by atoms with Crippen LogP contribution in [0.25, 0.3) is 27.1 Å². The van der Waals surface area contributed by atoms with Crippen LogP contribution in [0.5, 0.6) is 0 Å². The average Bonchev–Trinajstić information content (AvgIpc) is 3.88. The summed E-state index contributed by atoms with van der Waals surface area (Å²) >= 11 is 0. The van der Waals surface area contributed by atoms with Crippen molar-refractivity contribution in [3.05, 3.63) is 186 Å². The summed E-state index contributed by atoms with van der Waals surface area (Å²) in [5.74, 6) is -1.27. The van der Waals surface area contributed by atoms with E-state index in [4.69, 9.17) is 0 Å². The van der Waals surface area contributed by atoms with Crippen LogP contribution in [0.2, 0.25) is 0 Å². The standard InChI is InChI=1S/C53H46N2O20S6/c1-30(52(2,3)49-40-21-19-38(78(64,65)66)26-42(40)46(80(70,71)72)28-44(49)54-34-8-6-10-36(24-34)76(58,59)60)12-13-31(32-14-16-33(17-15-32)51(56)57)18-23-48-53(4,5)50-41-22-20-39(79(67,68)69)27-43(41)47(81(73,74)75)29-45(50)55(48)35-9-7-11-37(25-35)77(61,62)63/h6-29,54H,1H2,2-5H3,(H,56,57)(H,58,59,60)(H,61,62,63)(H,64,65,66)(H,67,68,69)(H,70,71,72)(H,73,74,75)/b13-12+,31-18-,48-23+. The Labute approximate surface area is 465 Å². The van der Waals surface area contributed by atoms with Crippen molar-refractivity contribution in [2.45, 2.75) is 67.9 Å². The van der Waals surface area contributed by atoms with E-state index < -0.39 is 112 Å². The van der Waals surface area contributed by atoms with Crippen molar-refractivity contribution >= 4 is 117 Å². The van der Waals surface area contributed by atoms with Crippen molar-refractivity contribution in [3.8, 4) is 0 Å². The number of fused-ring (bicyclic) bond motifs is 4. The molecule has 0 aliphatic carbocycles. The van der Waals surface area contributed by atoms with Crippen molar-refractivity contribution in [2.75, 3.05) is 10.2 Å². The number of anilines is 4. The SMILES string of the molecule is C=C(/C=C/C(=C/C=C1/N(c2cccc(S(=O)(=O)O)c2)c2cc(S(=O)(=O)O)c3cc(S(=O)(=O)O)ccc3c2C1(C)C)c1ccc(C(=O)O)cc1)C(C)(C)c1c(Nc2cccc(S(=O)(=O)O)c2)cc(S(=O)(=O)O)c2cc(S(=O)(=O)O)ccc12. The molecule has 0 saturated heterocycles. The minimum atomic E-state index is -5.23. The molecule has 0 atom stereocenters. The van der Waals surface area contributed by atoms with Gasteiger partial charge in [0.2, 0.25) is 0 Å². The van der Waals surface area contributed by atoms with Gasteiger partial charge in [-0.05, 0) is 130 Å². The third kappa shape index (κ3) is 11.9. The molecule has 1 heterocycles. The van der Waals surface area contributed by atoms with Crippen LogP contribution in [0.15, 0.2) is 193 Å². The molecule has 8 N–H and O–H groups in total. The Kier molecular flexibility index (Phi) is 15.1. The minimum absolute atomic E-state index is 0.0231. The van der Waals surface area contributed by atoms with Gasteiger partial charge >= 0.3 is 5.97 Å². The van der Waals surface area contributed by atoms with E-state index in [0.29, 0.717) is 11.1 Å². The van der Waals surface area contributed by atoms with E-state index in [9.17, 15) is 87.7 Å². The monoisotopic (exact) mass is 1220 g/mol. The Bertz CT molecular complexity index is 4700. The fourth-order valence-electron chi connectivity index (χ4n) is 9.63. The van der Waals surface area contributed by atoms with Crippen LogP contribution in [-0.4, -0.2) is 88.9 Å². The number of rotatable bonds is 16. The molecular weight excluding hydrogens is 1180 g/mol. The first-order valence-corrected chi connectivity index (χ1v) is 31.8. The lowest BCUT2D eigenvalue weighted by atomic mass is 9.75. The van der Waals surface area contributed by atoms with Crippen molar-refractivity contribution in [1.29, 1.82) is 0 Å². The van der Waals surface area contributed by atoms with E-state index in [1.54, 1.807) is 39.8 Å². The number of nitrogens with one attached hydrogen (secondary N) is 1. The number of hydrogen-bond acceptors (Lipinski definition) is 15. The van der Waals surface area contributed by atoms with Gasteiger partial charge in [-0.2, -0.15) is 50.5 Å². The maximum Gasteiger partial charge on any atom is 0.335 e. The van der Waals surface area contributed by atoms with E-state index in [2.05, 4.69) is 11.9 Å². The lowest BCUT2D eigenvalue weighted by Crippen LogP contribution is -2.23. The number of nitrogens with zero attached hydrogens (tertiary/aromatic N) is 1. The van der Waals surface area contributed by atoms with Gasteiger partial charge in [-0.1, -0.05) is 88.9 Å². The average molecular weight is 1220 g/mol. The molecule has 0 saturated carbocycles. The second-order valence-corrected chi connectivity index (χ2v) is 27.9. The highest BCUT2D eigenvalue weighted by Gasteiger charge is 2.44. The number of benzene rings is 7. The van der Waals surface area contributed by atoms with Crippen molar-refractivity contribution in [2.24, 2.45) is 0 Å². The zero-order valence-electron chi connectivity index (χ0n) is 42.4. The van der Waals surface area contributed by atoms with Gasteiger partial charge in [0.05, 0.1) is 30.8 Å². The number of carboxylic acids is 1. The van der Waals surface area contributed by atoms with E-state index in [1.165, 1.54) is 71.6 Å². The van der Waals surface area contributed by atoms with Gasteiger partial charge in [-0.15, -0.1) is 0 Å². The number of hydrogen-bond donors (Lipinski definition) is 8. The van der Waals surface area contributed by atoms with Crippen molar-refractivity contribution in [3.63, 3.8) is 0 Å². The Morgan fingerprint density at radius 3 is 1.57 bits per heavy atom. The molecule has 7 aromatic rings. The highest BCUT2D eigenvalue weighted by molar-refractivity contribution is 7.87. The molecule has 7 aromatic carbocycles. The summed E-state index contributed by atoms with van der Waals surface area (Å²) in [5.41, 5.74) is -1.44.